The Hall–Kier alpha value is -4.33. The van der Waals surface area contributed by atoms with Gasteiger partial charge in [0.15, 0.2) is 11.5 Å². The molecule has 5 rings (SSSR count). The van der Waals surface area contributed by atoms with Gasteiger partial charge in [-0.3, -0.25) is 9.59 Å². The third-order valence-corrected chi connectivity index (χ3v) is 5.26. The van der Waals surface area contributed by atoms with Gasteiger partial charge in [0, 0.05) is 5.56 Å². The molecule has 1 aliphatic heterocycles. The zero-order valence-electron chi connectivity index (χ0n) is 17.0. The second-order valence-corrected chi connectivity index (χ2v) is 7.34. The van der Waals surface area contributed by atoms with Crippen molar-refractivity contribution >= 4 is 22.8 Å². The molecule has 32 heavy (non-hydrogen) atoms. The van der Waals surface area contributed by atoms with Gasteiger partial charge in [-0.25, -0.2) is 4.98 Å². The van der Waals surface area contributed by atoms with Crippen molar-refractivity contribution in [2.45, 2.75) is 6.04 Å². The number of nitrogens with one attached hydrogen (secondary N) is 3. The predicted molar refractivity (Wildman–Crippen MR) is 117 cm³/mol. The molecule has 0 aliphatic carbocycles. The Balaban J connectivity index is 1.30. The minimum Gasteiger partial charge on any atom is -0.454 e. The highest BCUT2D eigenvalue weighted by Crippen LogP contribution is 2.32. The summed E-state index contributed by atoms with van der Waals surface area (Å²) in [7, 11) is 0. The van der Waals surface area contributed by atoms with Crippen LogP contribution in [0.4, 0.5) is 0 Å². The normalized spacial score (nSPS) is 13.0. The van der Waals surface area contributed by atoms with Gasteiger partial charge in [0.05, 0.1) is 29.9 Å². The van der Waals surface area contributed by atoms with Crippen molar-refractivity contribution in [3.05, 3.63) is 89.7 Å². The van der Waals surface area contributed by atoms with Crippen molar-refractivity contribution in [2.75, 3.05) is 13.3 Å². The molecule has 3 N–H and O–H groups in total. The van der Waals surface area contributed by atoms with Crippen molar-refractivity contribution in [3.63, 3.8) is 0 Å². The van der Waals surface area contributed by atoms with Crippen LogP contribution in [0.25, 0.3) is 11.0 Å². The van der Waals surface area contributed by atoms with Gasteiger partial charge in [0.25, 0.3) is 5.91 Å². The van der Waals surface area contributed by atoms with Gasteiger partial charge in [-0.05, 0) is 41.5 Å². The van der Waals surface area contributed by atoms with Crippen LogP contribution in [0.15, 0.2) is 73.1 Å². The van der Waals surface area contributed by atoms with E-state index >= 15 is 0 Å². The topological polar surface area (TPSA) is 105 Å². The number of carbonyl (C=O) groups is 2. The van der Waals surface area contributed by atoms with Crippen LogP contribution in [0.3, 0.4) is 0 Å². The number of benzene rings is 3. The molecule has 2 amide bonds. The minimum absolute atomic E-state index is 0.133. The lowest BCUT2D eigenvalue weighted by Gasteiger charge is -2.20. The molecule has 1 aliphatic rings. The van der Waals surface area contributed by atoms with E-state index in [0.29, 0.717) is 17.1 Å². The van der Waals surface area contributed by atoms with E-state index in [2.05, 4.69) is 20.6 Å². The molecule has 4 aromatic rings. The fourth-order valence-electron chi connectivity index (χ4n) is 3.65. The van der Waals surface area contributed by atoms with Gasteiger partial charge in [-0.2, -0.15) is 0 Å². The SMILES string of the molecule is O=C(CNC(=O)c1ccc2c(c1)OCO2)N[C@@H](c1ccccc1)c1ccc2nc[nH]c2c1. The lowest BCUT2D eigenvalue weighted by atomic mass is 9.98. The second-order valence-electron chi connectivity index (χ2n) is 7.34. The average molecular weight is 428 g/mol. The Morgan fingerprint density at radius 1 is 0.969 bits per heavy atom. The summed E-state index contributed by atoms with van der Waals surface area (Å²) in [5.74, 6) is 0.436. The maximum atomic E-state index is 12.7. The van der Waals surface area contributed by atoms with Crippen molar-refractivity contribution in [1.82, 2.24) is 20.6 Å². The van der Waals surface area contributed by atoms with Crippen LogP contribution in [0.2, 0.25) is 0 Å². The highest BCUT2D eigenvalue weighted by molar-refractivity contribution is 5.97. The first-order valence-electron chi connectivity index (χ1n) is 10.1. The van der Waals surface area contributed by atoms with Crippen LogP contribution < -0.4 is 20.1 Å². The number of nitrogens with zero attached hydrogens (tertiary/aromatic N) is 1. The summed E-state index contributed by atoms with van der Waals surface area (Å²) in [5.41, 5.74) is 3.97. The van der Waals surface area contributed by atoms with E-state index < -0.39 is 0 Å². The molecule has 0 saturated carbocycles. The molecule has 0 fully saturated rings. The zero-order chi connectivity index (χ0) is 21.9. The van der Waals surface area contributed by atoms with Crippen molar-refractivity contribution in [1.29, 1.82) is 0 Å². The van der Waals surface area contributed by atoms with Crippen molar-refractivity contribution in [2.24, 2.45) is 0 Å². The molecule has 0 radical (unpaired) electrons. The summed E-state index contributed by atoms with van der Waals surface area (Å²) in [6, 6.07) is 20.0. The number of amides is 2. The number of rotatable bonds is 6. The van der Waals surface area contributed by atoms with Crippen LogP contribution in [-0.4, -0.2) is 35.1 Å². The molecule has 0 spiro atoms. The zero-order valence-corrected chi connectivity index (χ0v) is 17.0. The van der Waals surface area contributed by atoms with Crippen molar-refractivity contribution < 1.29 is 19.1 Å². The van der Waals surface area contributed by atoms with Crippen LogP contribution in [0.1, 0.15) is 27.5 Å². The van der Waals surface area contributed by atoms with Crippen molar-refractivity contribution in [3.8, 4) is 11.5 Å². The van der Waals surface area contributed by atoms with E-state index in [-0.39, 0.29) is 31.2 Å². The highest BCUT2D eigenvalue weighted by atomic mass is 16.7. The van der Waals surface area contributed by atoms with Gasteiger partial charge in [0.1, 0.15) is 0 Å². The predicted octanol–water partition coefficient (Wildman–Crippen LogP) is 2.93. The molecule has 8 nitrogen and oxygen atoms in total. The number of fused-ring (bicyclic) bond motifs is 2. The first-order chi connectivity index (χ1) is 15.7. The Bertz CT molecular complexity index is 1290. The summed E-state index contributed by atoms with van der Waals surface area (Å²) in [5, 5.41) is 5.68. The molecule has 2 heterocycles. The summed E-state index contributed by atoms with van der Waals surface area (Å²) in [6.07, 6.45) is 1.64. The van der Waals surface area contributed by atoms with Gasteiger partial charge in [0.2, 0.25) is 12.7 Å². The summed E-state index contributed by atoms with van der Waals surface area (Å²) >= 11 is 0. The Labute approximate surface area is 183 Å². The maximum Gasteiger partial charge on any atom is 0.251 e. The molecule has 0 bridgehead atoms. The number of aromatic nitrogens is 2. The molecule has 0 unspecified atom stereocenters. The van der Waals surface area contributed by atoms with E-state index in [4.69, 9.17) is 9.47 Å². The third-order valence-electron chi connectivity index (χ3n) is 5.26. The maximum absolute atomic E-state index is 12.7. The summed E-state index contributed by atoms with van der Waals surface area (Å²) in [6.45, 7) is -0.0308. The van der Waals surface area contributed by atoms with Crippen LogP contribution in [0.5, 0.6) is 11.5 Å². The first-order valence-corrected chi connectivity index (χ1v) is 10.1. The van der Waals surface area contributed by atoms with E-state index in [0.717, 1.165) is 22.2 Å². The Morgan fingerprint density at radius 3 is 2.69 bits per heavy atom. The number of H-pyrrole nitrogens is 1. The Morgan fingerprint density at radius 2 is 1.81 bits per heavy atom. The average Bonchev–Trinajstić information content (AvgIpc) is 3.49. The molecule has 160 valence electrons. The fraction of sp³-hybridized carbons (Fsp3) is 0.125. The Kier molecular flexibility index (Phi) is 5.17. The number of aromatic amines is 1. The fourth-order valence-corrected chi connectivity index (χ4v) is 3.65. The largest absolute Gasteiger partial charge is 0.454 e. The lowest BCUT2D eigenvalue weighted by Crippen LogP contribution is -2.39. The molecular weight excluding hydrogens is 408 g/mol. The molecular formula is C24H20N4O4. The van der Waals surface area contributed by atoms with Crippen LogP contribution in [0, 0.1) is 0 Å². The van der Waals surface area contributed by atoms with Gasteiger partial charge < -0.3 is 25.1 Å². The van der Waals surface area contributed by atoms with E-state index in [9.17, 15) is 9.59 Å². The highest BCUT2D eigenvalue weighted by Gasteiger charge is 2.19. The number of imidazole rings is 1. The van der Waals surface area contributed by atoms with Gasteiger partial charge in [-0.1, -0.05) is 36.4 Å². The number of hydrogen-bond donors (Lipinski definition) is 3. The first kappa shape index (κ1) is 19.6. The van der Waals surface area contributed by atoms with E-state index in [1.54, 1.807) is 24.5 Å². The quantitative estimate of drug-likeness (QED) is 0.438. The van der Waals surface area contributed by atoms with Gasteiger partial charge in [-0.15, -0.1) is 0 Å². The molecule has 8 heteroatoms. The number of ether oxygens (including phenoxy) is 2. The smallest absolute Gasteiger partial charge is 0.251 e. The lowest BCUT2D eigenvalue weighted by molar-refractivity contribution is -0.120. The van der Waals surface area contributed by atoms with E-state index in [1.807, 2.05) is 48.5 Å². The summed E-state index contributed by atoms with van der Waals surface area (Å²) < 4.78 is 10.6. The summed E-state index contributed by atoms with van der Waals surface area (Å²) in [4.78, 5) is 32.6. The van der Waals surface area contributed by atoms with Crippen LogP contribution >= 0.6 is 0 Å². The van der Waals surface area contributed by atoms with Gasteiger partial charge >= 0.3 is 0 Å². The van der Waals surface area contributed by atoms with E-state index in [1.165, 1.54) is 0 Å². The standard InChI is InChI=1S/C24H20N4O4/c29-22(12-25-24(30)17-7-9-20-21(11-17)32-14-31-20)28-23(15-4-2-1-3-5-15)16-6-8-18-19(10-16)27-13-26-18/h1-11,13,23H,12,14H2,(H,25,30)(H,26,27)(H,28,29)/t23-/m0/s1. The van der Waals surface area contributed by atoms with Crippen LogP contribution in [-0.2, 0) is 4.79 Å². The molecule has 0 saturated heterocycles. The second kappa shape index (κ2) is 8.43. The molecule has 3 aromatic carbocycles. The third kappa shape index (κ3) is 3.98. The monoisotopic (exact) mass is 428 g/mol. The minimum atomic E-state index is -0.376. The molecule has 1 aromatic heterocycles. The number of hydrogen-bond acceptors (Lipinski definition) is 5. The molecule has 1 atom stereocenters. The number of carbonyl (C=O) groups excluding carboxylic acids is 2.